The van der Waals surface area contributed by atoms with Gasteiger partial charge in [0.1, 0.15) is 0 Å². The molecule has 0 radical (unpaired) electrons. The Morgan fingerprint density at radius 1 is 1.47 bits per heavy atom. The maximum Gasteiger partial charge on any atom is 0.330 e. The average molecular weight is 203 g/mol. The Bertz CT molecular complexity index is 410. The minimum atomic E-state index is -0.290. The minimum Gasteiger partial charge on any atom is -0.466 e. The number of benzene rings is 1. The number of ether oxygens (including phenoxy) is 1. The van der Waals surface area contributed by atoms with Gasteiger partial charge < -0.3 is 10.1 Å². The van der Waals surface area contributed by atoms with Gasteiger partial charge in [0.2, 0.25) is 0 Å². The van der Waals surface area contributed by atoms with Crippen LogP contribution in [0.4, 0.5) is 5.69 Å². The number of nitrogens with one attached hydrogen (secondary N) is 1. The third-order valence-corrected chi connectivity index (χ3v) is 2.48. The second-order valence-corrected chi connectivity index (χ2v) is 3.42. The van der Waals surface area contributed by atoms with E-state index in [1.165, 1.54) is 7.11 Å². The highest BCUT2D eigenvalue weighted by atomic mass is 16.5. The van der Waals surface area contributed by atoms with Crippen LogP contribution in [-0.4, -0.2) is 19.6 Å². The number of methoxy groups -OCH3 is 1. The summed E-state index contributed by atoms with van der Waals surface area (Å²) in [5.41, 5.74) is 3.21. The van der Waals surface area contributed by atoms with E-state index >= 15 is 0 Å². The summed E-state index contributed by atoms with van der Waals surface area (Å²) in [5.74, 6) is -0.290. The van der Waals surface area contributed by atoms with Crippen molar-refractivity contribution in [2.24, 2.45) is 0 Å². The van der Waals surface area contributed by atoms with Crippen LogP contribution in [0, 0.1) is 0 Å². The molecular weight excluding hydrogens is 190 g/mol. The van der Waals surface area contributed by atoms with Gasteiger partial charge in [-0.15, -0.1) is 0 Å². The maximum absolute atomic E-state index is 11.2. The number of carbonyl (C=O) groups excluding carboxylic acids is 1. The van der Waals surface area contributed by atoms with Gasteiger partial charge >= 0.3 is 5.97 Å². The van der Waals surface area contributed by atoms with Crippen LogP contribution < -0.4 is 5.32 Å². The Morgan fingerprint density at radius 3 is 3.07 bits per heavy atom. The van der Waals surface area contributed by atoms with E-state index in [0.29, 0.717) is 0 Å². The molecule has 1 aliphatic heterocycles. The number of fused-ring (bicyclic) bond motifs is 1. The van der Waals surface area contributed by atoms with Crippen molar-refractivity contribution in [2.75, 3.05) is 19.0 Å². The molecule has 0 unspecified atom stereocenters. The number of anilines is 1. The van der Waals surface area contributed by atoms with Gasteiger partial charge in [-0.2, -0.15) is 0 Å². The topological polar surface area (TPSA) is 38.3 Å². The highest BCUT2D eigenvalue weighted by molar-refractivity contribution is 5.94. The molecule has 0 aliphatic carbocycles. The molecule has 2 rings (SSSR count). The van der Waals surface area contributed by atoms with Gasteiger partial charge in [0, 0.05) is 23.9 Å². The lowest BCUT2D eigenvalue weighted by Crippen LogP contribution is -2.11. The Kier molecular flexibility index (Phi) is 2.72. The number of hydrogen-bond acceptors (Lipinski definition) is 3. The van der Waals surface area contributed by atoms with Gasteiger partial charge in [0.05, 0.1) is 7.11 Å². The Labute approximate surface area is 88.8 Å². The second kappa shape index (κ2) is 4.17. The summed E-state index contributed by atoms with van der Waals surface area (Å²) in [5, 5.41) is 3.29. The third-order valence-electron chi connectivity index (χ3n) is 2.48. The fourth-order valence-electron chi connectivity index (χ4n) is 1.73. The number of para-hydroxylation sites is 1. The quantitative estimate of drug-likeness (QED) is 0.561. The molecule has 0 fully saturated rings. The Morgan fingerprint density at radius 2 is 2.27 bits per heavy atom. The van der Waals surface area contributed by atoms with E-state index in [1.54, 1.807) is 6.08 Å². The van der Waals surface area contributed by atoms with Crippen LogP contribution in [0.3, 0.4) is 0 Å². The molecule has 1 aromatic carbocycles. The first-order chi connectivity index (χ1) is 7.31. The smallest absolute Gasteiger partial charge is 0.330 e. The zero-order valence-electron chi connectivity index (χ0n) is 8.62. The van der Waals surface area contributed by atoms with Crippen LogP contribution >= 0.6 is 0 Å². The Hall–Kier alpha value is -1.77. The SMILES string of the molecule is COC(=O)/C=C1/CCNc2ccccc21. The molecule has 0 saturated carbocycles. The van der Waals surface area contributed by atoms with Crippen molar-refractivity contribution in [2.45, 2.75) is 6.42 Å². The molecule has 1 aromatic rings. The van der Waals surface area contributed by atoms with E-state index in [2.05, 4.69) is 10.1 Å². The van der Waals surface area contributed by atoms with E-state index < -0.39 is 0 Å². The molecule has 1 N–H and O–H groups in total. The minimum absolute atomic E-state index is 0.290. The van der Waals surface area contributed by atoms with Crippen LogP contribution in [0.15, 0.2) is 30.3 Å². The predicted molar refractivity (Wildman–Crippen MR) is 59.5 cm³/mol. The van der Waals surface area contributed by atoms with Gasteiger partial charge in [0.25, 0.3) is 0 Å². The molecule has 1 heterocycles. The van der Waals surface area contributed by atoms with Crippen LogP contribution in [0.5, 0.6) is 0 Å². The standard InChI is InChI=1S/C12H13NO2/c1-15-12(14)8-9-6-7-13-11-5-3-2-4-10(9)11/h2-5,8,13H,6-7H2,1H3/b9-8-. The van der Waals surface area contributed by atoms with Crippen LogP contribution in [-0.2, 0) is 9.53 Å². The van der Waals surface area contributed by atoms with E-state index in [1.807, 2.05) is 24.3 Å². The van der Waals surface area contributed by atoms with Crippen molar-refractivity contribution in [1.82, 2.24) is 0 Å². The number of rotatable bonds is 1. The summed E-state index contributed by atoms with van der Waals surface area (Å²) in [6, 6.07) is 7.97. The molecular formula is C12H13NO2. The summed E-state index contributed by atoms with van der Waals surface area (Å²) in [6.45, 7) is 0.861. The van der Waals surface area contributed by atoms with Crippen molar-refractivity contribution >= 4 is 17.2 Å². The van der Waals surface area contributed by atoms with E-state index in [9.17, 15) is 4.79 Å². The molecule has 3 nitrogen and oxygen atoms in total. The average Bonchev–Trinajstić information content (AvgIpc) is 2.29. The molecule has 0 spiro atoms. The number of hydrogen-bond donors (Lipinski definition) is 1. The molecule has 0 atom stereocenters. The van der Waals surface area contributed by atoms with Crippen LogP contribution in [0.25, 0.3) is 5.57 Å². The monoisotopic (exact) mass is 203 g/mol. The molecule has 78 valence electrons. The summed E-state index contributed by atoms with van der Waals surface area (Å²) in [6.07, 6.45) is 2.42. The normalized spacial score (nSPS) is 16.7. The fraction of sp³-hybridized carbons (Fsp3) is 0.250. The van der Waals surface area contributed by atoms with Crippen molar-refractivity contribution in [1.29, 1.82) is 0 Å². The highest BCUT2D eigenvalue weighted by Crippen LogP contribution is 2.30. The summed E-state index contributed by atoms with van der Waals surface area (Å²) in [7, 11) is 1.40. The molecule has 3 heteroatoms. The zero-order valence-corrected chi connectivity index (χ0v) is 8.62. The molecule has 0 amide bonds. The van der Waals surface area contributed by atoms with Crippen molar-refractivity contribution in [3.05, 3.63) is 35.9 Å². The lowest BCUT2D eigenvalue weighted by molar-refractivity contribution is -0.134. The summed E-state index contributed by atoms with van der Waals surface area (Å²) < 4.78 is 4.63. The first-order valence-electron chi connectivity index (χ1n) is 4.93. The largest absolute Gasteiger partial charge is 0.466 e. The van der Waals surface area contributed by atoms with Gasteiger partial charge in [0.15, 0.2) is 0 Å². The van der Waals surface area contributed by atoms with Gasteiger partial charge in [-0.3, -0.25) is 0 Å². The molecule has 0 saturated heterocycles. The van der Waals surface area contributed by atoms with E-state index in [4.69, 9.17) is 0 Å². The van der Waals surface area contributed by atoms with Gasteiger partial charge in [-0.1, -0.05) is 18.2 Å². The summed E-state index contributed by atoms with van der Waals surface area (Å²) >= 11 is 0. The predicted octanol–water partition coefficient (Wildman–Crippen LogP) is 2.06. The van der Waals surface area contributed by atoms with Crippen molar-refractivity contribution < 1.29 is 9.53 Å². The number of carbonyl (C=O) groups is 1. The van der Waals surface area contributed by atoms with Crippen molar-refractivity contribution in [3.8, 4) is 0 Å². The summed E-state index contributed by atoms with van der Waals surface area (Å²) in [4.78, 5) is 11.2. The van der Waals surface area contributed by atoms with E-state index in [-0.39, 0.29) is 5.97 Å². The maximum atomic E-state index is 11.2. The second-order valence-electron chi connectivity index (χ2n) is 3.42. The highest BCUT2D eigenvalue weighted by Gasteiger charge is 2.13. The lowest BCUT2D eigenvalue weighted by Gasteiger charge is -2.20. The van der Waals surface area contributed by atoms with Crippen molar-refractivity contribution in [3.63, 3.8) is 0 Å². The van der Waals surface area contributed by atoms with Gasteiger partial charge in [-0.05, 0) is 18.1 Å². The number of esters is 1. The Balaban J connectivity index is 2.37. The van der Waals surface area contributed by atoms with Gasteiger partial charge in [-0.25, -0.2) is 4.79 Å². The van der Waals surface area contributed by atoms with E-state index in [0.717, 1.165) is 29.8 Å². The fourth-order valence-corrected chi connectivity index (χ4v) is 1.73. The first-order valence-corrected chi connectivity index (χ1v) is 4.93. The molecule has 15 heavy (non-hydrogen) atoms. The van der Waals surface area contributed by atoms with Crippen LogP contribution in [0.2, 0.25) is 0 Å². The molecule has 0 aromatic heterocycles. The lowest BCUT2D eigenvalue weighted by atomic mass is 9.97. The molecule has 0 bridgehead atoms. The first kappa shape index (κ1) is 9.77. The van der Waals surface area contributed by atoms with Crippen LogP contribution in [0.1, 0.15) is 12.0 Å². The third kappa shape index (κ3) is 2.01. The molecule has 1 aliphatic rings. The zero-order chi connectivity index (χ0) is 10.7.